The number of hydrogen-bond donors (Lipinski definition) is 2. The lowest BCUT2D eigenvalue weighted by molar-refractivity contribution is -0.123. The van der Waals surface area contributed by atoms with Gasteiger partial charge in [-0.2, -0.15) is 0 Å². The van der Waals surface area contributed by atoms with Gasteiger partial charge in [0, 0.05) is 5.69 Å². The van der Waals surface area contributed by atoms with E-state index in [-0.39, 0.29) is 30.9 Å². The zero-order valence-corrected chi connectivity index (χ0v) is 15.1. The molecule has 0 saturated heterocycles. The van der Waals surface area contributed by atoms with E-state index in [1.165, 1.54) is 0 Å². The van der Waals surface area contributed by atoms with Crippen LogP contribution in [0.25, 0.3) is 0 Å². The van der Waals surface area contributed by atoms with Gasteiger partial charge in [-0.05, 0) is 57.1 Å². The van der Waals surface area contributed by atoms with E-state index < -0.39 is 0 Å². The van der Waals surface area contributed by atoms with Gasteiger partial charge in [0.05, 0.1) is 25.4 Å². The van der Waals surface area contributed by atoms with Crippen LogP contribution in [0.3, 0.4) is 0 Å². The molecule has 1 aromatic carbocycles. The molecule has 0 radical (unpaired) electrons. The lowest BCUT2D eigenvalue weighted by Gasteiger charge is -2.18. The summed E-state index contributed by atoms with van der Waals surface area (Å²) in [5.41, 5.74) is 2.97. The lowest BCUT2D eigenvalue weighted by Crippen LogP contribution is -2.39. The van der Waals surface area contributed by atoms with Gasteiger partial charge in [-0.3, -0.25) is 14.5 Å². The van der Waals surface area contributed by atoms with Crippen molar-refractivity contribution >= 4 is 17.5 Å². The van der Waals surface area contributed by atoms with Crippen LogP contribution in [0, 0.1) is 13.8 Å². The third kappa shape index (κ3) is 5.46. The van der Waals surface area contributed by atoms with Crippen molar-refractivity contribution in [3.63, 3.8) is 0 Å². The molecule has 0 aliphatic rings. The summed E-state index contributed by atoms with van der Waals surface area (Å²) in [6.45, 7) is 6.09. The number of amides is 2. The van der Waals surface area contributed by atoms with Crippen molar-refractivity contribution in [1.82, 2.24) is 10.2 Å². The molecule has 2 N–H and O–H groups in total. The second kappa shape index (κ2) is 8.48. The Bertz CT molecular complexity index is 726. The van der Waals surface area contributed by atoms with Gasteiger partial charge in [-0.1, -0.05) is 12.1 Å². The summed E-state index contributed by atoms with van der Waals surface area (Å²) in [5.74, 6) is 0.387. The van der Waals surface area contributed by atoms with Gasteiger partial charge in [0.1, 0.15) is 5.76 Å². The topological polar surface area (TPSA) is 74.6 Å². The molecule has 1 unspecified atom stereocenters. The Morgan fingerprint density at radius 3 is 2.52 bits per heavy atom. The first kappa shape index (κ1) is 18.7. The molecular weight excluding hydrogens is 318 g/mol. The highest BCUT2D eigenvalue weighted by molar-refractivity contribution is 5.93. The van der Waals surface area contributed by atoms with E-state index in [9.17, 15) is 9.59 Å². The Balaban J connectivity index is 1.80. The predicted molar refractivity (Wildman–Crippen MR) is 97.3 cm³/mol. The maximum Gasteiger partial charge on any atom is 0.238 e. The summed E-state index contributed by atoms with van der Waals surface area (Å²) in [4.78, 5) is 25.9. The number of benzene rings is 1. The summed E-state index contributed by atoms with van der Waals surface area (Å²) in [5, 5.41) is 5.74. The molecule has 1 aromatic heterocycles. The molecule has 2 amide bonds. The van der Waals surface area contributed by atoms with Crippen molar-refractivity contribution in [2.75, 3.05) is 25.5 Å². The van der Waals surface area contributed by atoms with Crippen LogP contribution in [-0.4, -0.2) is 36.9 Å². The van der Waals surface area contributed by atoms with E-state index in [2.05, 4.69) is 10.6 Å². The highest BCUT2D eigenvalue weighted by atomic mass is 16.3. The molecule has 6 nitrogen and oxygen atoms in total. The van der Waals surface area contributed by atoms with Crippen molar-refractivity contribution in [2.45, 2.75) is 26.8 Å². The number of rotatable bonds is 7. The van der Waals surface area contributed by atoms with E-state index in [0.29, 0.717) is 5.76 Å². The minimum atomic E-state index is -0.209. The van der Waals surface area contributed by atoms with Gasteiger partial charge in [0.15, 0.2) is 0 Å². The van der Waals surface area contributed by atoms with Crippen LogP contribution in [0.2, 0.25) is 0 Å². The summed E-state index contributed by atoms with van der Waals surface area (Å²) in [7, 11) is 1.74. The number of nitrogens with one attached hydrogen (secondary N) is 2. The standard InChI is InChI=1S/C19H25N3O3/c1-13-7-5-8-16(14(13)2)21-19(24)12-22(4)11-18(23)20-15(3)17-9-6-10-25-17/h5-10,15H,11-12H2,1-4H3,(H,20,23)(H,21,24). The third-order valence-electron chi connectivity index (χ3n) is 4.05. The lowest BCUT2D eigenvalue weighted by atomic mass is 10.1. The van der Waals surface area contributed by atoms with Crippen LogP contribution >= 0.6 is 0 Å². The Kier molecular flexibility index (Phi) is 6.36. The quantitative estimate of drug-likeness (QED) is 0.810. The fourth-order valence-corrected chi connectivity index (χ4v) is 2.52. The van der Waals surface area contributed by atoms with E-state index >= 15 is 0 Å². The van der Waals surface area contributed by atoms with Crippen molar-refractivity contribution in [2.24, 2.45) is 0 Å². The molecule has 0 fully saturated rings. The molecule has 134 valence electrons. The molecular formula is C19H25N3O3. The molecule has 0 aliphatic heterocycles. The minimum absolute atomic E-state index is 0.130. The van der Waals surface area contributed by atoms with Crippen LogP contribution in [0.4, 0.5) is 5.69 Å². The van der Waals surface area contributed by atoms with Gasteiger partial charge < -0.3 is 15.1 Å². The number of likely N-dealkylation sites (N-methyl/N-ethyl adjacent to an activating group) is 1. The Morgan fingerprint density at radius 2 is 1.84 bits per heavy atom. The molecule has 25 heavy (non-hydrogen) atoms. The van der Waals surface area contributed by atoms with Gasteiger partial charge >= 0.3 is 0 Å². The first-order chi connectivity index (χ1) is 11.9. The Morgan fingerprint density at radius 1 is 1.12 bits per heavy atom. The van der Waals surface area contributed by atoms with Crippen molar-refractivity contribution in [1.29, 1.82) is 0 Å². The number of nitrogens with zero attached hydrogens (tertiary/aromatic N) is 1. The van der Waals surface area contributed by atoms with Gasteiger partial charge in [-0.15, -0.1) is 0 Å². The highest BCUT2D eigenvalue weighted by Gasteiger charge is 2.15. The zero-order chi connectivity index (χ0) is 18.4. The number of aryl methyl sites for hydroxylation is 1. The first-order valence-electron chi connectivity index (χ1n) is 8.24. The smallest absolute Gasteiger partial charge is 0.238 e. The predicted octanol–water partition coefficient (Wildman–Crippen LogP) is 2.64. The van der Waals surface area contributed by atoms with Crippen LogP contribution in [-0.2, 0) is 9.59 Å². The molecule has 0 aliphatic carbocycles. The van der Waals surface area contributed by atoms with Crippen molar-refractivity contribution in [3.05, 3.63) is 53.5 Å². The summed E-state index contributed by atoms with van der Waals surface area (Å²) in [6.07, 6.45) is 1.57. The largest absolute Gasteiger partial charge is 0.467 e. The molecule has 0 saturated carbocycles. The van der Waals surface area contributed by atoms with Gasteiger partial charge in [0.2, 0.25) is 11.8 Å². The van der Waals surface area contributed by atoms with Crippen molar-refractivity contribution in [3.8, 4) is 0 Å². The number of anilines is 1. The second-order valence-electron chi connectivity index (χ2n) is 6.27. The molecule has 6 heteroatoms. The number of carbonyl (C=O) groups excluding carboxylic acids is 2. The minimum Gasteiger partial charge on any atom is -0.467 e. The summed E-state index contributed by atoms with van der Waals surface area (Å²) < 4.78 is 5.26. The fourth-order valence-electron chi connectivity index (χ4n) is 2.52. The number of carbonyl (C=O) groups is 2. The molecule has 0 bridgehead atoms. The average Bonchev–Trinajstić information content (AvgIpc) is 3.05. The maximum absolute atomic E-state index is 12.2. The normalized spacial score (nSPS) is 12.0. The average molecular weight is 343 g/mol. The van der Waals surface area contributed by atoms with E-state index in [0.717, 1.165) is 16.8 Å². The van der Waals surface area contributed by atoms with Gasteiger partial charge in [-0.25, -0.2) is 0 Å². The monoisotopic (exact) mass is 343 g/mol. The number of furan rings is 1. The third-order valence-corrected chi connectivity index (χ3v) is 4.05. The molecule has 0 spiro atoms. The fraction of sp³-hybridized carbons (Fsp3) is 0.368. The number of hydrogen-bond acceptors (Lipinski definition) is 4. The van der Waals surface area contributed by atoms with Gasteiger partial charge in [0.25, 0.3) is 0 Å². The van der Waals surface area contributed by atoms with E-state index in [4.69, 9.17) is 4.42 Å². The molecule has 1 heterocycles. The van der Waals surface area contributed by atoms with Crippen LogP contribution in [0.5, 0.6) is 0 Å². The highest BCUT2D eigenvalue weighted by Crippen LogP contribution is 2.17. The zero-order valence-electron chi connectivity index (χ0n) is 15.1. The van der Waals surface area contributed by atoms with Crippen LogP contribution in [0.15, 0.2) is 41.0 Å². The summed E-state index contributed by atoms with van der Waals surface area (Å²) >= 11 is 0. The van der Waals surface area contributed by atoms with Crippen molar-refractivity contribution < 1.29 is 14.0 Å². The van der Waals surface area contributed by atoms with E-state index in [1.807, 2.05) is 45.0 Å². The molecule has 2 aromatic rings. The summed E-state index contributed by atoms with van der Waals surface area (Å²) in [6, 6.07) is 9.17. The van der Waals surface area contributed by atoms with Crippen LogP contribution in [0.1, 0.15) is 29.9 Å². The van der Waals surface area contributed by atoms with Crippen LogP contribution < -0.4 is 10.6 Å². The second-order valence-corrected chi connectivity index (χ2v) is 6.27. The first-order valence-corrected chi connectivity index (χ1v) is 8.24. The molecule has 1 atom stereocenters. The maximum atomic E-state index is 12.2. The molecule has 2 rings (SSSR count). The Labute approximate surface area is 148 Å². The van der Waals surface area contributed by atoms with E-state index in [1.54, 1.807) is 24.3 Å². The Hall–Kier alpha value is -2.60. The SMILES string of the molecule is Cc1cccc(NC(=O)CN(C)CC(=O)NC(C)c2ccco2)c1C.